The van der Waals surface area contributed by atoms with Gasteiger partial charge in [0, 0.05) is 19.3 Å². The van der Waals surface area contributed by atoms with Crippen LogP contribution in [0.5, 0.6) is 0 Å². The lowest BCUT2D eigenvalue weighted by molar-refractivity contribution is 0.281. The van der Waals surface area contributed by atoms with E-state index in [-0.39, 0.29) is 12.3 Å². The van der Waals surface area contributed by atoms with E-state index in [0.717, 1.165) is 47.3 Å². The fraction of sp³-hybridized carbons (Fsp3) is 0.278. The molecule has 7 nitrogen and oxygen atoms in total. The summed E-state index contributed by atoms with van der Waals surface area (Å²) in [5, 5.41) is 9.06. The molecular weight excluding hydrogens is 318 g/mol. The molecule has 4 rings (SSSR count). The molecule has 0 bridgehead atoms. The number of aryl methyl sites for hydroxylation is 1. The molecule has 2 N–H and O–H groups in total. The molecule has 0 amide bonds. The van der Waals surface area contributed by atoms with E-state index in [1.807, 2.05) is 24.3 Å². The number of nitrogens with one attached hydrogen (secondary N) is 1. The van der Waals surface area contributed by atoms with E-state index in [0.29, 0.717) is 6.54 Å². The van der Waals surface area contributed by atoms with Crippen LogP contribution < -0.4 is 5.69 Å². The third kappa shape index (κ3) is 2.83. The van der Waals surface area contributed by atoms with Crippen molar-refractivity contribution in [3.05, 3.63) is 59.0 Å². The Morgan fingerprint density at radius 2 is 1.96 bits per heavy atom. The van der Waals surface area contributed by atoms with E-state index in [1.165, 1.54) is 0 Å². The van der Waals surface area contributed by atoms with Crippen LogP contribution in [0.1, 0.15) is 18.7 Å². The van der Waals surface area contributed by atoms with Gasteiger partial charge in [0.2, 0.25) is 0 Å². The van der Waals surface area contributed by atoms with Crippen molar-refractivity contribution in [2.75, 3.05) is 6.61 Å². The van der Waals surface area contributed by atoms with Crippen molar-refractivity contribution in [3.63, 3.8) is 0 Å². The quantitative estimate of drug-likeness (QED) is 0.526. The van der Waals surface area contributed by atoms with Crippen LogP contribution >= 0.6 is 0 Å². The Hall–Kier alpha value is -2.93. The van der Waals surface area contributed by atoms with Crippen molar-refractivity contribution < 1.29 is 5.11 Å². The Morgan fingerprint density at radius 1 is 1.08 bits per heavy atom. The van der Waals surface area contributed by atoms with Gasteiger partial charge in [0.1, 0.15) is 5.82 Å². The summed E-state index contributed by atoms with van der Waals surface area (Å²) in [6, 6.07) is 9.74. The molecule has 0 atom stereocenters. The second kappa shape index (κ2) is 6.52. The second-order valence-electron chi connectivity index (χ2n) is 6.01. The van der Waals surface area contributed by atoms with Crippen molar-refractivity contribution in [1.82, 2.24) is 24.1 Å². The van der Waals surface area contributed by atoms with Gasteiger partial charge in [-0.2, -0.15) is 0 Å². The zero-order chi connectivity index (χ0) is 17.2. The minimum atomic E-state index is -0.169. The van der Waals surface area contributed by atoms with Crippen LogP contribution in [0.15, 0.2) is 47.5 Å². The smallest absolute Gasteiger partial charge is 0.326 e. The summed E-state index contributed by atoms with van der Waals surface area (Å²) in [4.78, 5) is 24.0. The molecule has 0 aliphatic rings. The number of aromatic nitrogens is 5. The van der Waals surface area contributed by atoms with Gasteiger partial charge in [-0.05, 0) is 31.0 Å². The maximum atomic E-state index is 12.3. The number of benzene rings is 1. The highest BCUT2D eigenvalue weighted by molar-refractivity contribution is 5.76. The van der Waals surface area contributed by atoms with Crippen molar-refractivity contribution in [2.45, 2.75) is 25.9 Å². The largest absolute Gasteiger partial charge is 0.396 e. The first-order valence-corrected chi connectivity index (χ1v) is 8.35. The summed E-state index contributed by atoms with van der Waals surface area (Å²) in [5.74, 6) is 0.825. The van der Waals surface area contributed by atoms with Crippen molar-refractivity contribution >= 4 is 22.1 Å². The fourth-order valence-electron chi connectivity index (χ4n) is 3.17. The van der Waals surface area contributed by atoms with Crippen LogP contribution in [0.2, 0.25) is 0 Å². The number of imidazole rings is 2. The molecule has 25 heavy (non-hydrogen) atoms. The van der Waals surface area contributed by atoms with Crippen LogP contribution in [0.25, 0.3) is 22.1 Å². The minimum absolute atomic E-state index is 0.169. The molecule has 0 unspecified atom stereocenters. The average molecular weight is 337 g/mol. The highest BCUT2D eigenvalue weighted by Crippen LogP contribution is 2.18. The second-order valence-corrected chi connectivity index (χ2v) is 6.01. The molecule has 0 fully saturated rings. The van der Waals surface area contributed by atoms with Crippen molar-refractivity contribution in [1.29, 1.82) is 0 Å². The number of pyridine rings is 1. The normalized spacial score (nSPS) is 11.6. The Morgan fingerprint density at radius 3 is 2.84 bits per heavy atom. The highest BCUT2D eigenvalue weighted by atomic mass is 16.2. The fourth-order valence-corrected chi connectivity index (χ4v) is 3.17. The minimum Gasteiger partial charge on any atom is -0.396 e. The summed E-state index contributed by atoms with van der Waals surface area (Å²) in [7, 11) is 0. The topological polar surface area (TPSA) is 88.7 Å². The number of fused-ring (bicyclic) bond motifs is 2. The first kappa shape index (κ1) is 15.6. The monoisotopic (exact) mass is 337 g/mol. The van der Waals surface area contributed by atoms with Gasteiger partial charge in [-0.25, -0.2) is 9.78 Å². The predicted molar refractivity (Wildman–Crippen MR) is 95.5 cm³/mol. The number of aliphatic hydroxyl groups excluding tert-OH is 1. The van der Waals surface area contributed by atoms with Crippen molar-refractivity contribution in [2.24, 2.45) is 0 Å². The predicted octanol–water partition coefficient (Wildman–Crippen LogP) is 1.90. The summed E-state index contributed by atoms with van der Waals surface area (Å²) in [6.45, 7) is 1.31. The molecule has 0 saturated carbocycles. The van der Waals surface area contributed by atoms with Gasteiger partial charge < -0.3 is 14.7 Å². The van der Waals surface area contributed by atoms with Gasteiger partial charge in [-0.1, -0.05) is 12.1 Å². The third-order valence-corrected chi connectivity index (χ3v) is 4.40. The summed E-state index contributed by atoms with van der Waals surface area (Å²) >= 11 is 0. The van der Waals surface area contributed by atoms with E-state index in [9.17, 15) is 4.79 Å². The Balaban J connectivity index is 1.79. The number of hydrogen-bond donors (Lipinski definition) is 2. The molecule has 4 aromatic rings. The third-order valence-electron chi connectivity index (χ3n) is 4.40. The molecule has 7 heteroatoms. The van der Waals surface area contributed by atoms with Crippen LogP contribution in [-0.2, 0) is 13.1 Å². The molecule has 1 aromatic carbocycles. The van der Waals surface area contributed by atoms with Crippen LogP contribution in [0.3, 0.4) is 0 Å². The maximum Gasteiger partial charge on any atom is 0.326 e. The lowest BCUT2D eigenvalue weighted by Gasteiger charge is -2.09. The number of para-hydroxylation sites is 2. The average Bonchev–Trinajstić information content (AvgIpc) is 3.13. The zero-order valence-corrected chi connectivity index (χ0v) is 13.7. The molecule has 0 spiro atoms. The Bertz CT molecular complexity index is 1080. The summed E-state index contributed by atoms with van der Waals surface area (Å²) in [6.07, 6.45) is 4.94. The Kier molecular flexibility index (Phi) is 4.07. The molecule has 3 heterocycles. The summed E-state index contributed by atoms with van der Waals surface area (Å²) in [5.41, 5.74) is 3.32. The van der Waals surface area contributed by atoms with Gasteiger partial charge in [0.05, 0.1) is 34.8 Å². The van der Waals surface area contributed by atoms with Crippen LogP contribution in [-0.4, -0.2) is 35.8 Å². The Labute approximate surface area is 143 Å². The number of hydrogen-bond acceptors (Lipinski definition) is 4. The van der Waals surface area contributed by atoms with E-state index >= 15 is 0 Å². The van der Waals surface area contributed by atoms with E-state index in [2.05, 4.69) is 14.5 Å². The molecular formula is C18H19N5O2. The van der Waals surface area contributed by atoms with E-state index in [4.69, 9.17) is 10.1 Å². The van der Waals surface area contributed by atoms with Crippen LogP contribution in [0, 0.1) is 0 Å². The molecule has 0 saturated heterocycles. The van der Waals surface area contributed by atoms with Gasteiger partial charge in [-0.15, -0.1) is 0 Å². The van der Waals surface area contributed by atoms with E-state index in [1.54, 1.807) is 23.0 Å². The van der Waals surface area contributed by atoms with Crippen LogP contribution in [0.4, 0.5) is 0 Å². The van der Waals surface area contributed by atoms with Gasteiger partial charge in [-0.3, -0.25) is 9.55 Å². The number of rotatable bonds is 6. The SMILES string of the molecule is O=c1[nH]c2ccncc2n1Cc1nc2ccccc2n1CCCCO. The van der Waals surface area contributed by atoms with Gasteiger partial charge in [0.15, 0.2) is 0 Å². The molecule has 3 aromatic heterocycles. The van der Waals surface area contributed by atoms with Gasteiger partial charge >= 0.3 is 5.69 Å². The van der Waals surface area contributed by atoms with Gasteiger partial charge in [0.25, 0.3) is 0 Å². The molecule has 0 aliphatic heterocycles. The standard InChI is InChI=1S/C18H19N5O2/c24-10-4-3-9-22-15-6-2-1-5-13(15)20-17(22)12-23-16-11-19-8-7-14(16)21-18(23)25/h1-2,5-8,11,24H,3-4,9-10,12H2,(H,21,25). The number of nitrogens with zero attached hydrogens (tertiary/aromatic N) is 4. The first-order valence-electron chi connectivity index (χ1n) is 8.35. The first-order chi connectivity index (χ1) is 12.3. The van der Waals surface area contributed by atoms with E-state index < -0.39 is 0 Å². The molecule has 0 aliphatic carbocycles. The number of unbranched alkanes of at least 4 members (excludes halogenated alkanes) is 1. The summed E-state index contributed by atoms with van der Waals surface area (Å²) < 4.78 is 3.79. The number of aromatic amines is 1. The lowest BCUT2D eigenvalue weighted by atomic mass is 10.3. The number of aliphatic hydroxyl groups is 1. The molecule has 0 radical (unpaired) electrons. The number of H-pyrrole nitrogens is 1. The zero-order valence-electron chi connectivity index (χ0n) is 13.7. The molecule has 128 valence electrons. The lowest BCUT2D eigenvalue weighted by Crippen LogP contribution is -2.20. The van der Waals surface area contributed by atoms with Crippen molar-refractivity contribution in [3.8, 4) is 0 Å². The maximum absolute atomic E-state index is 12.3. The highest BCUT2D eigenvalue weighted by Gasteiger charge is 2.14.